The van der Waals surface area contributed by atoms with E-state index in [9.17, 15) is 4.79 Å². The second-order valence-electron chi connectivity index (χ2n) is 3.98. The standard InChI is InChI=1S/C11H17N5O/c1-12-9-6-13-7-10(15-9)14-8-11(17)16-4-2-3-5-16/h6-7H,2-5,8H2,1H3,(H2,12,14,15). The number of aromatic nitrogens is 2. The Hall–Kier alpha value is -1.85. The lowest BCUT2D eigenvalue weighted by Gasteiger charge is -2.15. The number of carbonyl (C=O) groups is 1. The third-order valence-electron chi connectivity index (χ3n) is 2.77. The minimum atomic E-state index is 0.124. The molecule has 2 heterocycles. The summed E-state index contributed by atoms with van der Waals surface area (Å²) in [6.07, 6.45) is 5.47. The zero-order chi connectivity index (χ0) is 12.1. The van der Waals surface area contributed by atoms with Crippen LogP contribution in [0.4, 0.5) is 11.6 Å². The first-order valence-electron chi connectivity index (χ1n) is 5.81. The molecule has 0 atom stereocenters. The summed E-state index contributed by atoms with van der Waals surface area (Å²) in [6, 6.07) is 0. The SMILES string of the molecule is CNc1cncc(NCC(=O)N2CCCC2)n1. The summed E-state index contributed by atoms with van der Waals surface area (Å²) in [4.78, 5) is 21.9. The van der Waals surface area contributed by atoms with Crippen molar-refractivity contribution in [1.82, 2.24) is 14.9 Å². The van der Waals surface area contributed by atoms with Gasteiger partial charge in [0, 0.05) is 20.1 Å². The van der Waals surface area contributed by atoms with Gasteiger partial charge < -0.3 is 15.5 Å². The Morgan fingerprint density at radius 1 is 1.35 bits per heavy atom. The zero-order valence-electron chi connectivity index (χ0n) is 9.94. The number of amides is 1. The highest BCUT2D eigenvalue weighted by Gasteiger charge is 2.17. The fraction of sp³-hybridized carbons (Fsp3) is 0.545. The first-order chi connectivity index (χ1) is 8.29. The van der Waals surface area contributed by atoms with E-state index in [4.69, 9.17) is 0 Å². The second kappa shape index (κ2) is 5.47. The number of nitrogens with one attached hydrogen (secondary N) is 2. The van der Waals surface area contributed by atoms with E-state index in [1.165, 1.54) is 0 Å². The number of likely N-dealkylation sites (tertiary alicyclic amines) is 1. The lowest BCUT2D eigenvalue weighted by molar-refractivity contribution is -0.128. The van der Waals surface area contributed by atoms with Crippen LogP contribution in [0.3, 0.4) is 0 Å². The van der Waals surface area contributed by atoms with Gasteiger partial charge in [0.25, 0.3) is 0 Å². The molecule has 0 bridgehead atoms. The summed E-state index contributed by atoms with van der Waals surface area (Å²) < 4.78 is 0. The van der Waals surface area contributed by atoms with E-state index < -0.39 is 0 Å². The number of carbonyl (C=O) groups excluding carboxylic acids is 1. The first kappa shape index (κ1) is 11.6. The Balaban J connectivity index is 1.86. The van der Waals surface area contributed by atoms with Crippen molar-refractivity contribution in [2.24, 2.45) is 0 Å². The summed E-state index contributed by atoms with van der Waals surface area (Å²) in [5, 5.41) is 5.89. The largest absolute Gasteiger partial charge is 0.372 e. The molecule has 0 radical (unpaired) electrons. The van der Waals surface area contributed by atoms with Gasteiger partial charge in [-0.05, 0) is 12.8 Å². The Morgan fingerprint density at radius 2 is 2.06 bits per heavy atom. The van der Waals surface area contributed by atoms with E-state index in [2.05, 4.69) is 20.6 Å². The van der Waals surface area contributed by atoms with Gasteiger partial charge >= 0.3 is 0 Å². The maximum absolute atomic E-state index is 11.8. The van der Waals surface area contributed by atoms with Gasteiger partial charge in [-0.15, -0.1) is 0 Å². The molecule has 2 N–H and O–H groups in total. The van der Waals surface area contributed by atoms with E-state index in [0.717, 1.165) is 25.9 Å². The summed E-state index contributed by atoms with van der Waals surface area (Å²) in [5.41, 5.74) is 0. The van der Waals surface area contributed by atoms with Crippen LogP contribution in [0.25, 0.3) is 0 Å². The van der Waals surface area contributed by atoms with Crippen LogP contribution in [0.2, 0.25) is 0 Å². The Bertz CT molecular complexity index is 389. The van der Waals surface area contributed by atoms with Crippen molar-refractivity contribution in [1.29, 1.82) is 0 Å². The molecule has 2 rings (SSSR count). The lowest BCUT2D eigenvalue weighted by Crippen LogP contribution is -2.33. The zero-order valence-corrected chi connectivity index (χ0v) is 9.94. The van der Waals surface area contributed by atoms with Gasteiger partial charge in [0.1, 0.15) is 11.6 Å². The minimum absolute atomic E-state index is 0.124. The maximum Gasteiger partial charge on any atom is 0.241 e. The summed E-state index contributed by atoms with van der Waals surface area (Å²) in [6.45, 7) is 2.04. The van der Waals surface area contributed by atoms with Crippen LogP contribution in [0.5, 0.6) is 0 Å². The highest BCUT2D eigenvalue weighted by Crippen LogP contribution is 2.09. The Kier molecular flexibility index (Phi) is 3.74. The molecule has 0 spiro atoms. The van der Waals surface area contributed by atoms with Gasteiger partial charge in [0.05, 0.1) is 18.9 Å². The Labute approximate surface area is 100 Å². The molecule has 6 nitrogen and oxygen atoms in total. The molecular weight excluding hydrogens is 218 g/mol. The number of hydrogen-bond acceptors (Lipinski definition) is 5. The van der Waals surface area contributed by atoms with Gasteiger partial charge in [0.15, 0.2) is 0 Å². The molecule has 1 aromatic heterocycles. The van der Waals surface area contributed by atoms with Crippen molar-refractivity contribution in [3.05, 3.63) is 12.4 Å². The van der Waals surface area contributed by atoms with E-state index in [0.29, 0.717) is 11.6 Å². The number of anilines is 2. The van der Waals surface area contributed by atoms with Crippen molar-refractivity contribution in [2.75, 3.05) is 37.3 Å². The fourth-order valence-corrected chi connectivity index (χ4v) is 1.82. The summed E-state index contributed by atoms with van der Waals surface area (Å²) in [5.74, 6) is 1.42. The normalized spacial score (nSPS) is 14.8. The van der Waals surface area contributed by atoms with E-state index >= 15 is 0 Å². The molecule has 0 saturated carbocycles. The van der Waals surface area contributed by atoms with Crippen LogP contribution in [-0.2, 0) is 4.79 Å². The van der Waals surface area contributed by atoms with Crippen LogP contribution >= 0.6 is 0 Å². The van der Waals surface area contributed by atoms with Gasteiger partial charge in [-0.1, -0.05) is 0 Å². The predicted octanol–water partition coefficient (Wildman–Crippen LogP) is 0.553. The summed E-state index contributed by atoms with van der Waals surface area (Å²) in [7, 11) is 1.78. The fourth-order valence-electron chi connectivity index (χ4n) is 1.82. The van der Waals surface area contributed by atoms with Crippen molar-refractivity contribution in [2.45, 2.75) is 12.8 Å². The van der Waals surface area contributed by atoms with Crippen molar-refractivity contribution in [3.8, 4) is 0 Å². The van der Waals surface area contributed by atoms with E-state index in [1.807, 2.05) is 4.90 Å². The van der Waals surface area contributed by atoms with Crippen LogP contribution in [-0.4, -0.2) is 47.5 Å². The molecule has 0 aromatic carbocycles. The lowest BCUT2D eigenvalue weighted by atomic mass is 10.4. The Morgan fingerprint density at radius 3 is 2.76 bits per heavy atom. The van der Waals surface area contributed by atoms with Crippen LogP contribution in [0, 0.1) is 0 Å². The molecule has 17 heavy (non-hydrogen) atoms. The van der Waals surface area contributed by atoms with Gasteiger partial charge in [-0.3, -0.25) is 9.78 Å². The van der Waals surface area contributed by atoms with Crippen LogP contribution in [0.15, 0.2) is 12.4 Å². The quantitative estimate of drug-likeness (QED) is 0.797. The van der Waals surface area contributed by atoms with E-state index in [-0.39, 0.29) is 12.5 Å². The third kappa shape index (κ3) is 3.05. The molecule has 92 valence electrons. The highest BCUT2D eigenvalue weighted by atomic mass is 16.2. The molecule has 1 amide bonds. The van der Waals surface area contributed by atoms with E-state index in [1.54, 1.807) is 19.4 Å². The van der Waals surface area contributed by atoms with Crippen LogP contribution in [0.1, 0.15) is 12.8 Å². The van der Waals surface area contributed by atoms with Crippen molar-refractivity contribution >= 4 is 17.5 Å². The molecule has 1 saturated heterocycles. The van der Waals surface area contributed by atoms with Crippen molar-refractivity contribution < 1.29 is 4.79 Å². The average Bonchev–Trinajstić information content (AvgIpc) is 2.90. The molecule has 1 fully saturated rings. The molecule has 1 aliphatic rings. The number of nitrogens with zero attached hydrogens (tertiary/aromatic N) is 3. The molecule has 1 aliphatic heterocycles. The molecule has 1 aromatic rings. The molecular formula is C11H17N5O. The first-order valence-corrected chi connectivity index (χ1v) is 5.81. The van der Waals surface area contributed by atoms with Gasteiger partial charge in [0.2, 0.25) is 5.91 Å². The number of hydrogen-bond donors (Lipinski definition) is 2. The smallest absolute Gasteiger partial charge is 0.241 e. The van der Waals surface area contributed by atoms with Crippen LogP contribution < -0.4 is 10.6 Å². The van der Waals surface area contributed by atoms with Gasteiger partial charge in [-0.25, -0.2) is 4.98 Å². The predicted molar refractivity (Wildman–Crippen MR) is 65.9 cm³/mol. The monoisotopic (exact) mass is 235 g/mol. The van der Waals surface area contributed by atoms with Crippen molar-refractivity contribution in [3.63, 3.8) is 0 Å². The average molecular weight is 235 g/mol. The molecule has 0 aliphatic carbocycles. The van der Waals surface area contributed by atoms with Gasteiger partial charge in [-0.2, -0.15) is 0 Å². The number of rotatable bonds is 4. The molecule has 6 heteroatoms. The highest BCUT2D eigenvalue weighted by molar-refractivity contribution is 5.80. The second-order valence-corrected chi connectivity index (χ2v) is 3.98. The molecule has 0 unspecified atom stereocenters. The summed E-state index contributed by atoms with van der Waals surface area (Å²) >= 11 is 0. The third-order valence-corrected chi connectivity index (χ3v) is 2.77. The topological polar surface area (TPSA) is 70.2 Å². The maximum atomic E-state index is 11.8. The minimum Gasteiger partial charge on any atom is -0.372 e.